The van der Waals surface area contributed by atoms with Crippen LogP contribution in [0.3, 0.4) is 0 Å². The Labute approximate surface area is 225 Å². The summed E-state index contributed by atoms with van der Waals surface area (Å²) in [6.07, 6.45) is 3.54. The van der Waals surface area contributed by atoms with Crippen molar-refractivity contribution in [1.82, 2.24) is 14.7 Å². The fraction of sp³-hybridized carbons (Fsp3) is 0.125. The molecule has 0 saturated heterocycles. The molecule has 2 heterocycles. The van der Waals surface area contributed by atoms with E-state index in [4.69, 9.17) is 5.10 Å². The van der Waals surface area contributed by atoms with E-state index in [0.717, 1.165) is 27.3 Å². The van der Waals surface area contributed by atoms with Gasteiger partial charge < -0.3 is 0 Å². The highest BCUT2D eigenvalue weighted by Gasteiger charge is 2.35. The Morgan fingerprint density at radius 3 is 2.36 bits per heavy atom. The zero-order valence-electron chi connectivity index (χ0n) is 21.8. The van der Waals surface area contributed by atoms with Gasteiger partial charge in [-0.05, 0) is 73.9 Å². The Morgan fingerprint density at radius 1 is 0.949 bits per heavy atom. The second-order valence-electron chi connectivity index (χ2n) is 9.52. The number of nitrogens with zero attached hydrogens (tertiary/aromatic N) is 4. The molecule has 0 unspecified atom stereocenters. The summed E-state index contributed by atoms with van der Waals surface area (Å²) in [6, 6.07) is 23.3. The predicted octanol–water partition coefficient (Wildman–Crippen LogP) is 6.09. The Balaban J connectivity index is 1.67. The highest BCUT2D eigenvalue weighted by atomic mass is 19.1. The normalized spacial score (nSPS) is 14.7. The maximum Gasteiger partial charge on any atom is 0.271 e. The predicted molar refractivity (Wildman–Crippen MR) is 147 cm³/mol. The van der Waals surface area contributed by atoms with E-state index in [-0.39, 0.29) is 17.7 Å². The minimum atomic E-state index is -0.670. The molecule has 0 aliphatic carbocycles. The van der Waals surface area contributed by atoms with Gasteiger partial charge in [0.25, 0.3) is 11.8 Å². The summed E-state index contributed by atoms with van der Waals surface area (Å²) in [4.78, 5) is 27.9. The molecule has 1 aliphatic heterocycles. The molecule has 1 aliphatic rings. The Bertz CT molecular complexity index is 1710. The van der Waals surface area contributed by atoms with Crippen molar-refractivity contribution in [2.45, 2.75) is 27.3 Å². The van der Waals surface area contributed by atoms with Gasteiger partial charge in [0.15, 0.2) is 0 Å². The van der Waals surface area contributed by atoms with Gasteiger partial charge in [-0.25, -0.2) is 9.07 Å². The fourth-order valence-electron chi connectivity index (χ4n) is 4.61. The Morgan fingerprint density at radius 2 is 1.67 bits per heavy atom. The number of aryl methyl sites for hydroxylation is 2. The third kappa shape index (κ3) is 4.92. The highest BCUT2D eigenvalue weighted by molar-refractivity contribution is 6.19. The lowest BCUT2D eigenvalue weighted by molar-refractivity contribution is -0.141. The summed E-state index contributed by atoms with van der Waals surface area (Å²) in [5.41, 5.74) is 6.20. The summed E-state index contributed by atoms with van der Waals surface area (Å²) in [6.45, 7) is 5.53. The van der Waals surface area contributed by atoms with Gasteiger partial charge in [-0.15, -0.1) is 0 Å². The van der Waals surface area contributed by atoms with Gasteiger partial charge in [0.05, 0.1) is 12.2 Å². The average molecular weight is 517 g/mol. The molecule has 4 aromatic rings. The molecule has 192 valence electrons. The van der Waals surface area contributed by atoms with Gasteiger partial charge in [-0.3, -0.25) is 14.5 Å². The monoisotopic (exact) mass is 516 g/mol. The van der Waals surface area contributed by atoms with Crippen molar-refractivity contribution in [2.75, 3.05) is 0 Å². The molecule has 5 rings (SSSR count). The molecule has 3 aromatic carbocycles. The minimum absolute atomic E-state index is 0.0825. The SMILES string of the molecule is CC1=C(C#N)C(=O)N(Cc2ccc(F)cc2)C(=O)/C1=C/c1cn(-c2ccccc2)nc1-c1cc(C)ccc1C. The molecule has 0 N–H and O–H groups in total. The summed E-state index contributed by atoms with van der Waals surface area (Å²) in [7, 11) is 0. The number of imide groups is 1. The lowest BCUT2D eigenvalue weighted by Crippen LogP contribution is -2.42. The van der Waals surface area contributed by atoms with Crippen molar-refractivity contribution >= 4 is 17.9 Å². The number of halogens is 1. The fourth-order valence-corrected chi connectivity index (χ4v) is 4.61. The van der Waals surface area contributed by atoms with E-state index in [1.54, 1.807) is 17.7 Å². The first-order valence-electron chi connectivity index (χ1n) is 12.4. The molecule has 39 heavy (non-hydrogen) atoms. The zero-order chi connectivity index (χ0) is 27.7. The molecule has 0 bridgehead atoms. The molecule has 0 spiro atoms. The molecule has 0 saturated carbocycles. The second kappa shape index (κ2) is 10.3. The number of para-hydroxylation sites is 1. The molecule has 0 radical (unpaired) electrons. The summed E-state index contributed by atoms with van der Waals surface area (Å²) < 4.78 is 15.2. The smallest absolute Gasteiger partial charge is 0.269 e. The van der Waals surface area contributed by atoms with E-state index in [0.29, 0.717) is 22.4 Å². The topological polar surface area (TPSA) is 79.0 Å². The van der Waals surface area contributed by atoms with Crippen LogP contribution in [0.4, 0.5) is 4.39 Å². The average Bonchev–Trinajstić information content (AvgIpc) is 3.36. The van der Waals surface area contributed by atoms with Crippen LogP contribution in [0.5, 0.6) is 0 Å². The van der Waals surface area contributed by atoms with Gasteiger partial charge in [0.1, 0.15) is 23.2 Å². The Kier molecular flexibility index (Phi) is 6.78. The van der Waals surface area contributed by atoms with Crippen molar-refractivity contribution in [3.8, 4) is 23.0 Å². The molecule has 2 amide bonds. The Hall–Kier alpha value is -5.09. The van der Waals surface area contributed by atoms with E-state index in [9.17, 15) is 19.2 Å². The largest absolute Gasteiger partial charge is 0.271 e. The van der Waals surface area contributed by atoms with Crippen LogP contribution < -0.4 is 0 Å². The minimum Gasteiger partial charge on any atom is -0.269 e. The van der Waals surface area contributed by atoms with Gasteiger partial charge in [-0.1, -0.05) is 48.0 Å². The van der Waals surface area contributed by atoms with Crippen LogP contribution >= 0.6 is 0 Å². The molecule has 0 fully saturated rings. The van der Waals surface area contributed by atoms with Crippen molar-refractivity contribution in [3.05, 3.63) is 124 Å². The van der Waals surface area contributed by atoms with E-state index in [1.165, 1.54) is 24.3 Å². The number of nitriles is 1. The van der Waals surface area contributed by atoms with Crippen molar-refractivity contribution < 1.29 is 14.0 Å². The summed E-state index contributed by atoms with van der Waals surface area (Å²) >= 11 is 0. The van der Waals surface area contributed by atoms with E-state index in [2.05, 4.69) is 0 Å². The van der Waals surface area contributed by atoms with Crippen LogP contribution in [-0.4, -0.2) is 26.5 Å². The summed E-state index contributed by atoms with van der Waals surface area (Å²) in [5.74, 6) is -1.62. The number of hydrogen-bond donors (Lipinski definition) is 0. The van der Waals surface area contributed by atoms with Crippen molar-refractivity contribution in [3.63, 3.8) is 0 Å². The quantitative estimate of drug-likeness (QED) is 0.238. The number of amides is 2. The van der Waals surface area contributed by atoms with Crippen molar-refractivity contribution in [2.24, 2.45) is 0 Å². The second-order valence-corrected chi connectivity index (χ2v) is 9.52. The molecule has 0 atom stereocenters. The first-order chi connectivity index (χ1) is 18.8. The van der Waals surface area contributed by atoms with Crippen LogP contribution in [0.2, 0.25) is 0 Å². The molecule has 1 aromatic heterocycles. The molecular formula is C32H25FN4O2. The molecular weight excluding hydrogens is 491 g/mol. The first kappa shape index (κ1) is 25.6. The van der Waals surface area contributed by atoms with Crippen molar-refractivity contribution in [1.29, 1.82) is 5.26 Å². The third-order valence-electron chi connectivity index (χ3n) is 6.79. The van der Waals surface area contributed by atoms with Crippen LogP contribution in [0, 0.1) is 31.0 Å². The van der Waals surface area contributed by atoms with E-state index in [1.807, 2.05) is 74.6 Å². The number of carbonyl (C=O) groups is 2. The highest BCUT2D eigenvalue weighted by Crippen LogP contribution is 2.33. The van der Waals surface area contributed by atoms with Crippen LogP contribution in [0.25, 0.3) is 23.0 Å². The zero-order valence-corrected chi connectivity index (χ0v) is 21.8. The lowest BCUT2D eigenvalue weighted by Gasteiger charge is -2.27. The molecule has 7 heteroatoms. The van der Waals surface area contributed by atoms with Gasteiger partial charge in [-0.2, -0.15) is 10.4 Å². The third-order valence-corrected chi connectivity index (χ3v) is 6.79. The number of rotatable bonds is 5. The van der Waals surface area contributed by atoms with E-state index < -0.39 is 17.6 Å². The molecule has 6 nitrogen and oxygen atoms in total. The number of benzene rings is 3. The number of aromatic nitrogens is 2. The van der Waals surface area contributed by atoms with Gasteiger partial charge in [0.2, 0.25) is 0 Å². The number of carbonyl (C=O) groups excluding carboxylic acids is 2. The van der Waals surface area contributed by atoms with Gasteiger partial charge in [0, 0.05) is 22.9 Å². The van der Waals surface area contributed by atoms with E-state index >= 15 is 0 Å². The maximum absolute atomic E-state index is 13.7. The van der Waals surface area contributed by atoms with Crippen LogP contribution in [-0.2, 0) is 16.1 Å². The lowest BCUT2D eigenvalue weighted by atomic mass is 9.92. The van der Waals surface area contributed by atoms with Gasteiger partial charge >= 0.3 is 0 Å². The number of hydrogen-bond acceptors (Lipinski definition) is 4. The van der Waals surface area contributed by atoms with Crippen LogP contribution in [0.15, 0.2) is 95.7 Å². The van der Waals surface area contributed by atoms with Crippen LogP contribution in [0.1, 0.15) is 29.2 Å². The maximum atomic E-state index is 13.7. The summed E-state index contributed by atoms with van der Waals surface area (Å²) in [5, 5.41) is 14.7. The first-order valence-corrected chi connectivity index (χ1v) is 12.4. The standard InChI is InChI=1S/C32H25FN4O2/c1-20-9-10-21(2)27(15-20)30-24(19-37(35-30)26-7-5-4-6-8-26)16-28-22(3)29(17-34)32(39)36(31(28)38)18-23-11-13-25(33)14-12-23/h4-16,19H,18H2,1-3H3/b28-16+.